The molecule has 1 heterocycles. The number of aliphatic imine (C=N–C) groups is 1. The number of hydrogen-bond donors (Lipinski definition) is 3. The van der Waals surface area contributed by atoms with Crippen LogP contribution in [0.4, 0.5) is 0 Å². The molecule has 1 aromatic heterocycles. The molecule has 2 aromatic rings. The molecule has 1 unspecified atom stereocenters. The van der Waals surface area contributed by atoms with Gasteiger partial charge in [0.25, 0.3) is 0 Å². The van der Waals surface area contributed by atoms with Crippen LogP contribution >= 0.6 is 11.8 Å². The van der Waals surface area contributed by atoms with E-state index in [-0.39, 0.29) is 0 Å². The second kappa shape index (κ2) is 8.36. The number of hydrogen-bond acceptors (Lipinski definition) is 3. The molecule has 5 nitrogen and oxygen atoms in total. The van der Waals surface area contributed by atoms with Crippen LogP contribution in [0.15, 0.2) is 52.5 Å². The van der Waals surface area contributed by atoms with Crippen LogP contribution in [-0.4, -0.2) is 35.0 Å². The predicted octanol–water partition coefficient (Wildman–Crippen LogP) is 2.26. The van der Waals surface area contributed by atoms with Crippen LogP contribution < -0.4 is 10.6 Å². The van der Waals surface area contributed by atoms with E-state index in [0.29, 0.717) is 11.8 Å². The topological polar surface area (TPSA) is 65.1 Å². The average molecular weight is 303 g/mol. The van der Waals surface area contributed by atoms with Gasteiger partial charge in [0.05, 0.1) is 12.2 Å². The van der Waals surface area contributed by atoms with Crippen molar-refractivity contribution in [1.82, 2.24) is 20.8 Å². The summed E-state index contributed by atoms with van der Waals surface area (Å²) in [5, 5.41) is 13.9. The van der Waals surface area contributed by atoms with Gasteiger partial charge in [0.2, 0.25) is 0 Å². The average Bonchev–Trinajstić information content (AvgIpc) is 3.02. The molecule has 0 bridgehead atoms. The van der Waals surface area contributed by atoms with Crippen LogP contribution in [0.1, 0.15) is 12.6 Å². The fourth-order valence-electron chi connectivity index (χ4n) is 1.80. The molecule has 21 heavy (non-hydrogen) atoms. The number of thioether (sulfide) groups is 1. The van der Waals surface area contributed by atoms with Crippen LogP contribution in [0.2, 0.25) is 0 Å². The second-order valence-corrected chi connectivity index (χ2v) is 6.14. The largest absolute Gasteiger partial charge is 0.355 e. The number of benzene rings is 1. The molecule has 0 aliphatic heterocycles. The Morgan fingerprint density at radius 3 is 2.76 bits per heavy atom. The first-order valence-corrected chi connectivity index (χ1v) is 7.80. The van der Waals surface area contributed by atoms with Crippen molar-refractivity contribution in [2.75, 3.05) is 13.6 Å². The third kappa shape index (κ3) is 5.51. The highest BCUT2D eigenvalue weighted by Crippen LogP contribution is 2.21. The molecule has 0 aliphatic rings. The molecule has 2 rings (SSSR count). The van der Waals surface area contributed by atoms with Crippen molar-refractivity contribution in [2.45, 2.75) is 23.6 Å². The third-order valence-corrected chi connectivity index (χ3v) is 3.98. The summed E-state index contributed by atoms with van der Waals surface area (Å²) in [4.78, 5) is 5.50. The Morgan fingerprint density at radius 2 is 2.10 bits per heavy atom. The lowest BCUT2D eigenvalue weighted by molar-refractivity contribution is 0.777. The van der Waals surface area contributed by atoms with Crippen molar-refractivity contribution in [1.29, 1.82) is 0 Å². The molecule has 0 fully saturated rings. The molecule has 0 saturated heterocycles. The summed E-state index contributed by atoms with van der Waals surface area (Å²) < 4.78 is 0. The SMILES string of the molecule is CN=C(NCc1ccn[nH]1)NCC(C)Sc1ccccc1. The summed E-state index contributed by atoms with van der Waals surface area (Å²) in [6.07, 6.45) is 1.74. The zero-order chi connectivity index (χ0) is 14.9. The fourth-order valence-corrected chi connectivity index (χ4v) is 2.74. The Morgan fingerprint density at radius 1 is 1.29 bits per heavy atom. The van der Waals surface area contributed by atoms with Crippen LogP contribution in [0.3, 0.4) is 0 Å². The summed E-state index contributed by atoms with van der Waals surface area (Å²) >= 11 is 1.85. The fraction of sp³-hybridized carbons (Fsp3) is 0.333. The van der Waals surface area contributed by atoms with Gasteiger partial charge in [0.1, 0.15) is 0 Å². The Bertz CT molecular complexity index is 538. The van der Waals surface area contributed by atoms with E-state index in [9.17, 15) is 0 Å². The number of nitrogens with zero attached hydrogens (tertiary/aromatic N) is 2. The van der Waals surface area contributed by atoms with Crippen molar-refractivity contribution in [3.05, 3.63) is 48.3 Å². The minimum absolute atomic E-state index is 0.457. The number of guanidine groups is 1. The molecule has 0 radical (unpaired) electrons. The molecule has 0 spiro atoms. The molecule has 0 aliphatic carbocycles. The van der Waals surface area contributed by atoms with Crippen LogP contribution in [-0.2, 0) is 6.54 Å². The molecule has 112 valence electrons. The quantitative estimate of drug-likeness (QED) is 0.435. The van der Waals surface area contributed by atoms with Crippen LogP contribution in [0.25, 0.3) is 0 Å². The van der Waals surface area contributed by atoms with E-state index in [1.165, 1.54) is 4.90 Å². The molecular weight excluding hydrogens is 282 g/mol. The van der Waals surface area contributed by atoms with Crippen molar-refractivity contribution in [3.8, 4) is 0 Å². The minimum Gasteiger partial charge on any atom is -0.355 e. The lowest BCUT2D eigenvalue weighted by atomic mass is 10.4. The van der Waals surface area contributed by atoms with Gasteiger partial charge in [0, 0.05) is 29.9 Å². The normalized spacial score (nSPS) is 13.0. The lowest BCUT2D eigenvalue weighted by Crippen LogP contribution is -2.39. The number of nitrogens with one attached hydrogen (secondary N) is 3. The zero-order valence-corrected chi connectivity index (χ0v) is 13.2. The molecule has 1 aromatic carbocycles. The monoisotopic (exact) mass is 303 g/mol. The number of rotatable bonds is 6. The molecule has 6 heteroatoms. The van der Waals surface area contributed by atoms with E-state index in [4.69, 9.17) is 0 Å². The van der Waals surface area contributed by atoms with E-state index < -0.39 is 0 Å². The van der Waals surface area contributed by atoms with Crippen molar-refractivity contribution in [2.24, 2.45) is 4.99 Å². The maximum atomic E-state index is 4.22. The summed E-state index contributed by atoms with van der Waals surface area (Å²) in [6, 6.07) is 12.4. The Kier molecular flexibility index (Phi) is 6.15. The molecule has 1 atom stereocenters. The van der Waals surface area contributed by atoms with Gasteiger partial charge in [-0.15, -0.1) is 11.8 Å². The molecule has 3 N–H and O–H groups in total. The van der Waals surface area contributed by atoms with E-state index in [0.717, 1.165) is 18.2 Å². The molecule has 0 saturated carbocycles. The van der Waals surface area contributed by atoms with Crippen molar-refractivity contribution >= 4 is 17.7 Å². The first-order valence-electron chi connectivity index (χ1n) is 6.92. The number of aromatic nitrogens is 2. The van der Waals surface area contributed by atoms with Crippen LogP contribution in [0.5, 0.6) is 0 Å². The molecule has 0 amide bonds. The van der Waals surface area contributed by atoms with Gasteiger partial charge in [-0.2, -0.15) is 5.10 Å². The number of aromatic amines is 1. The Hall–Kier alpha value is -1.95. The highest BCUT2D eigenvalue weighted by molar-refractivity contribution is 8.00. The van der Waals surface area contributed by atoms with E-state index in [1.807, 2.05) is 23.9 Å². The van der Waals surface area contributed by atoms with Gasteiger partial charge in [-0.25, -0.2) is 0 Å². The van der Waals surface area contributed by atoms with Gasteiger partial charge < -0.3 is 10.6 Å². The maximum Gasteiger partial charge on any atom is 0.191 e. The predicted molar refractivity (Wildman–Crippen MR) is 88.6 cm³/mol. The van der Waals surface area contributed by atoms with E-state index in [2.05, 4.69) is 57.0 Å². The smallest absolute Gasteiger partial charge is 0.191 e. The zero-order valence-electron chi connectivity index (χ0n) is 12.3. The summed E-state index contributed by atoms with van der Waals surface area (Å²) in [7, 11) is 1.78. The molecular formula is C15H21N5S. The summed E-state index contributed by atoms with van der Waals surface area (Å²) in [5.41, 5.74) is 1.03. The van der Waals surface area contributed by atoms with Crippen molar-refractivity contribution < 1.29 is 0 Å². The van der Waals surface area contributed by atoms with E-state index in [1.54, 1.807) is 13.2 Å². The second-order valence-electron chi connectivity index (χ2n) is 4.63. The lowest BCUT2D eigenvalue weighted by Gasteiger charge is -2.15. The highest BCUT2D eigenvalue weighted by Gasteiger charge is 2.06. The Labute approximate surface area is 129 Å². The van der Waals surface area contributed by atoms with Gasteiger partial charge in [-0.05, 0) is 18.2 Å². The first-order chi connectivity index (χ1) is 10.3. The Balaban J connectivity index is 1.72. The summed E-state index contributed by atoms with van der Waals surface area (Å²) in [5.74, 6) is 0.796. The minimum atomic E-state index is 0.457. The van der Waals surface area contributed by atoms with Crippen LogP contribution in [0, 0.1) is 0 Å². The summed E-state index contributed by atoms with van der Waals surface area (Å²) in [6.45, 7) is 3.73. The van der Waals surface area contributed by atoms with Gasteiger partial charge in [0.15, 0.2) is 5.96 Å². The van der Waals surface area contributed by atoms with Gasteiger partial charge >= 0.3 is 0 Å². The maximum absolute atomic E-state index is 4.22. The van der Waals surface area contributed by atoms with Crippen molar-refractivity contribution in [3.63, 3.8) is 0 Å². The highest BCUT2D eigenvalue weighted by atomic mass is 32.2. The first kappa shape index (κ1) is 15.4. The van der Waals surface area contributed by atoms with Gasteiger partial charge in [-0.3, -0.25) is 10.1 Å². The number of H-pyrrole nitrogens is 1. The third-order valence-electron chi connectivity index (χ3n) is 2.87. The standard InChI is InChI=1S/C15H21N5S/c1-12(21-14-6-4-3-5-7-14)10-17-15(16-2)18-11-13-8-9-19-20-13/h3-9,12H,10-11H2,1-2H3,(H,19,20)(H2,16,17,18). The van der Waals surface area contributed by atoms with Gasteiger partial charge in [-0.1, -0.05) is 25.1 Å². The van der Waals surface area contributed by atoms with E-state index >= 15 is 0 Å².